The molecule has 0 aliphatic carbocycles. The molecule has 0 aromatic carbocycles. The molecule has 15 heavy (non-hydrogen) atoms. The maximum Gasteiger partial charge on any atom is 0.352 e. The smallest absolute Gasteiger partial charge is 0.352 e. The van der Waals surface area contributed by atoms with E-state index in [0.29, 0.717) is 17.7 Å². The summed E-state index contributed by atoms with van der Waals surface area (Å²) in [6.45, 7) is 3.26. The van der Waals surface area contributed by atoms with Crippen LogP contribution in [0.15, 0.2) is 6.07 Å². The quantitative estimate of drug-likeness (QED) is 0.699. The molecular formula is C10H13NO4. The first-order valence-electron chi connectivity index (χ1n) is 4.56. The number of carbonyl (C=O) groups is 2. The van der Waals surface area contributed by atoms with E-state index < -0.39 is 17.9 Å². The maximum atomic E-state index is 10.7. The minimum Gasteiger partial charge on any atom is -0.481 e. The zero-order chi connectivity index (χ0) is 11.6. The lowest BCUT2D eigenvalue weighted by atomic mass is 10.1. The van der Waals surface area contributed by atoms with E-state index in [1.165, 1.54) is 0 Å². The van der Waals surface area contributed by atoms with Crippen molar-refractivity contribution in [2.45, 2.75) is 20.3 Å². The average Bonchev–Trinajstić information content (AvgIpc) is 2.46. The van der Waals surface area contributed by atoms with E-state index in [-0.39, 0.29) is 5.69 Å². The van der Waals surface area contributed by atoms with E-state index in [9.17, 15) is 9.59 Å². The van der Waals surface area contributed by atoms with E-state index in [2.05, 4.69) is 4.98 Å². The van der Waals surface area contributed by atoms with Crippen molar-refractivity contribution in [2.24, 2.45) is 5.92 Å². The van der Waals surface area contributed by atoms with Crippen LogP contribution in [0, 0.1) is 12.8 Å². The normalized spacial score (nSPS) is 12.4. The van der Waals surface area contributed by atoms with Crippen molar-refractivity contribution in [3.05, 3.63) is 23.0 Å². The van der Waals surface area contributed by atoms with Crippen LogP contribution in [0.25, 0.3) is 0 Å². The molecule has 82 valence electrons. The van der Waals surface area contributed by atoms with Gasteiger partial charge in [0.2, 0.25) is 0 Å². The topological polar surface area (TPSA) is 90.4 Å². The zero-order valence-electron chi connectivity index (χ0n) is 8.57. The standard InChI is InChI=1S/C10H13NO4/c1-5-3-7(4-6(2)9(12)13)11-8(5)10(14)15/h3,6,11H,4H2,1-2H3,(H,12,13)(H,14,15). The lowest BCUT2D eigenvalue weighted by Gasteiger charge is -2.02. The van der Waals surface area contributed by atoms with E-state index in [1.807, 2.05) is 0 Å². The molecule has 0 saturated carbocycles. The van der Waals surface area contributed by atoms with Crippen LogP contribution < -0.4 is 0 Å². The van der Waals surface area contributed by atoms with Crippen molar-refractivity contribution in [3.63, 3.8) is 0 Å². The number of aromatic nitrogens is 1. The van der Waals surface area contributed by atoms with E-state index in [0.717, 1.165) is 0 Å². The van der Waals surface area contributed by atoms with Crippen LogP contribution in [0.5, 0.6) is 0 Å². The second kappa shape index (κ2) is 4.16. The fraction of sp³-hybridized carbons (Fsp3) is 0.400. The van der Waals surface area contributed by atoms with Gasteiger partial charge in [-0.25, -0.2) is 4.79 Å². The van der Waals surface area contributed by atoms with Gasteiger partial charge in [0, 0.05) is 12.1 Å². The van der Waals surface area contributed by atoms with Crippen LogP contribution in [-0.2, 0) is 11.2 Å². The van der Waals surface area contributed by atoms with Crippen molar-refractivity contribution in [1.29, 1.82) is 0 Å². The van der Waals surface area contributed by atoms with Crippen LogP contribution in [-0.4, -0.2) is 27.1 Å². The monoisotopic (exact) mass is 211 g/mol. The Labute approximate surface area is 86.7 Å². The molecule has 0 amide bonds. The molecule has 1 aromatic rings. The summed E-state index contributed by atoms with van der Waals surface area (Å²) in [5.74, 6) is -2.44. The highest BCUT2D eigenvalue weighted by molar-refractivity contribution is 5.87. The van der Waals surface area contributed by atoms with Crippen LogP contribution in [0.1, 0.15) is 28.7 Å². The number of H-pyrrole nitrogens is 1. The van der Waals surface area contributed by atoms with Crippen LogP contribution in [0.4, 0.5) is 0 Å². The van der Waals surface area contributed by atoms with Gasteiger partial charge in [-0.3, -0.25) is 4.79 Å². The molecular weight excluding hydrogens is 198 g/mol. The lowest BCUT2D eigenvalue weighted by Crippen LogP contribution is -2.12. The van der Waals surface area contributed by atoms with Crippen molar-refractivity contribution in [3.8, 4) is 0 Å². The SMILES string of the molecule is Cc1cc(CC(C)C(=O)O)[nH]c1C(=O)O. The predicted molar refractivity (Wildman–Crippen MR) is 53.0 cm³/mol. The highest BCUT2D eigenvalue weighted by Gasteiger charge is 2.16. The Morgan fingerprint density at radius 2 is 2.07 bits per heavy atom. The van der Waals surface area contributed by atoms with Gasteiger partial charge >= 0.3 is 11.9 Å². The zero-order valence-corrected chi connectivity index (χ0v) is 8.57. The Balaban J connectivity index is 2.84. The minimum atomic E-state index is -1.03. The second-order valence-electron chi connectivity index (χ2n) is 3.60. The number of hydrogen-bond donors (Lipinski definition) is 3. The highest BCUT2D eigenvalue weighted by Crippen LogP contribution is 2.13. The van der Waals surface area contributed by atoms with E-state index >= 15 is 0 Å². The number of hydrogen-bond acceptors (Lipinski definition) is 2. The fourth-order valence-corrected chi connectivity index (χ4v) is 1.38. The molecule has 1 heterocycles. The van der Waals surface area contributed by atoms with Crippen molar-refractivity contribution in [1.82, 2.24) is 4.98 Å². The number of aryl methyl sites for hydroxylation is 1. The number of aromatic amines is 1. The molecule has 0 bridgehead atoms. The number of aromatic carboxylic acids is 1. The maximum absolute atomic E-state index is 10.7. The second-order valence-corrected chi connectivity index (χ2v) is 3.60. The molecule has 0 aliphatic rings. The number of aliphatic carboxylic acids is 1. The summed E-state index contributed by atoms with van der Waals surface area (Å²) in [6.07, 6.45) is 0.309. The fourth-order valence-electron chi connectivity index (χ4n) is 1.38. The Morgan fingerprint density at radius 1 is 1.47 bits per heavy atom. The Bertz CT molecular complexity index is 394. The molecule has 5 nitrogen and oxygen atoms in total. The molecule has 3 N–H and O–H groups in total. The molecule has 1 unspecified atom stereocenters. The predicted octanol–water partition coefficient (Wildman–Crippen LogP) is 1.28. The van der Waals surface area contributed by atoms with Gasteiger partial charge in [-0.05, 0) is 18.6 Å². The van der Waals surface area contributed by atoms with Gasteiger partial charge in [0.1, 0.15) is 5.69 Å². The number of nitrogens with one attached hydrogen (secondary N) is 1. The Hall–Kier alpha value is -1.78. The first-order valence-corrected chi connectivity index (χ1v) is 4.56. The highest BCUT2D eigenvalue weighted by atomic mass is 16.4. The van der Waals surface area contributed by atoms with Crippen LogP contribution in [0.2, 0.25) is 0 Å². The van der Waals surface area contributed by atoms with Gasteiger partial charge in [0.05, 0.1) is 5.92 Å². The summed E-state index contributed by atoms with van der Waals surface area (Å²) in [5.41, 5.74) is 1.39. The summed E-state index contributed by atoms with van der Waals surface area (Å²) in [6, 6.07) is 1.67. The number of carboxylic acids is 2. The summed E-state index contributed by atoms with van der Waals surface area (Å²) < 4.78 is 0. The molecule has 1 aromatic heterocycles. The van der Waals surface area contributed by atoms with Gasteiger partial charge in [0.15, 0.2) is 0 Å². The molecule has 1 atom stereocenters. The number of carboxylic acid groups (broad SMARTS) is 2. The van der Waals surface area contributed by atoms with Gasteiger partial charge in [-0.2, -0.15) is 0 Å². The third-order valence-corrected chi connectivity index (χ3v) is 2.23. The first-order chi connectivity index (χ1) is 6.91. The van der Waals surface area contributed by atoms with Crippen molar-refractivity contribution in [2.75, 3.05) is 0 Å². The molecule has 0 fully saturated rings. The van der Waals surface area contributed by atoms with Crippen molar-refractivity contribution < 1.29 is 19.8 Å². The first kappa shape index (κ1) is 11.3. The Kier molecular flexibility index (Phi) is 3.14. The third-order valence-electron chi connectivity index (χ3n) is 2.23. The largest absolute Gasteiger partial charge is 0.481 e. The van der Waals surface area contributed by atoms with Gasteiger partial charge < -0.3 is 15.2 Å². The minimum absolute atomic E-state index is 0.127. The van der Waals surface area contributed by atoms with Gasteiger partial charge in [-0.15, -0.1) is 0 Å². The molecule has 0 radical (unpaired) electrons. The van der Waals surface area contributed by atoms with E-state index in [1.54, 1.807) is 19.9 Å². The summed E-state index contributed by atoms with van der Waals surface area (Å²) >= 11 is 0. The van der Waals surface area contributed by atoms with Crippen molar-refractivity contribution >= 4 is 11.9 Å². The molecule has 1 rings (SSSR count). The average molecular weight is 211 g/mol. The van der Waals surface area contributed by atoms with Gasteiger partial charge in [-0.1, -0.05) is 6.92 Å². The lowest BCUT2D eigenvalue weighted by molar-refractivity contribution is -0.141. The van der Waals surface area contributed by atoms with Crippen LogP contribution >= 0.6 is 0 Å². The molecule has 0 aliphatic heterocycles. The summed E-state index contributed by atoms with van der Waals surface area (Å²) in [4.78, 5) is 24.0. The molecule has 0 spiro atoms. The van der Waals surface area contributed by atoms with E-state index in [4.69, 9.17) is 10.2 Å². The van der Waals surface area contributed by atoms with Crippen LogP contribution in [0.3, 0.4) is 0 Å². The summed E-state index contributed by atoms with van der Waals surface area (Å²) in [5, 5.41) is 17.5. The summed E-state index contributed by atoms with van der Waals surface area (Å²) in [7, 11) is 0. The molecule has 5 heteroatoms. The number of rotatable bonds is 4. The Morgan fingerprint density at radius 3 is 2.47 bits per heavy atom. The van der Waals surface area contributed by atoms with Gasteiger partial charge in [0.25, 0.3) is 0 Å². The molecule has 0 saturated heterocycles. The third kappa shape index (κ3) is 2.59.